The van der Waals surface area contributed by atoms with Crippen LogP contribution in [-0.4, -0.2) is 35.8 Å². The van der Waals surface area contributed by atoms with Gasteiger partial charge in [0.1, 0.15) is 17.2 Å². The van der Waals surface area contributed by atoms with Gasteiger partial charge in [-0.05, 0) is 48.7 Å². The van der Waals surface area contributed by atoms with E-state index in [2.05, 4.69) is 5.32 Å². The Kier molecular flexibility index (Phi) is 4.68. The van der Waals surface area contributed by atoms with Crippen LogP contribution in [-0.2, 0) is 16.1 Å². The summed E-state index contributed by atoms with van der Waals surface area (Å²) in [6.07, 6.45) is 4.77. The maximum absolute atomic E-state index is 14.5. The highest BCUT2D eigenvalue weighted by atomic mass is 19.1. The van der Waals surface area contributed by atoms with Crippen LogP contribution in [0.3, 0.4) is 0 Å². The van der Waals surface area contributed by atoms with Crippen molar-refractivity contribution in [1.29, 1.82) is 0 Å². The highest BCUT2D eigenvalue weighted by Gasteiger charge is 2.36. The number of urea groups is 1. The van der Waals surface area contributed by atoms with E-state index in [4.69, 9.17) is 4.42 Å². The monoisotopic (exact) mass is 383 g/mol. The number of nitrogens with zero attached hydrogens (tertiary/aromatic N) is 2. The van der Waals surface area contributed by atoms with Crippen molar-refractivity contribution in [2.24, 2.45) is 0 Å². The Hall–Kier alpha value is -3.42. The number of carbonyl (C=O) groups excluding carboxylic acids is 3. The minimum Gasteiger partial charge on any atom is -0.467 e. The van der Waals surface area contributed by atoms with Gasteiger partial charge in [0, 0.05) is 13.1 Å². The number of benzene rings is 1. The summed E-state index contributed by atoms with van der Waals surface area (Å²) in [6.45, 7) is 1.51. The SMILES string of the molecule is O=C1NC(=O)N(Cc2ccco2)C(=O)/C1=C/c1ccc(N2CCCC2)c(F)c1. The van der Waals surface area contributed by atoms with Crippen LogP contribution in [0, 0.1) is 5.82 Å². The number of carbonyl (C=O) groups is 3. The largest absolute Gasteiger partial charge is 0.467 e. The van der Waals surface area contributed by atoms with Gasteiger partial charge in [-0.3, -0.25) is 19.8 Å². The summed E-state index contributed by atoms with van der Waals surface area (Å²) < 4.78 is 19.7. The average Bonchev–Trinajstić information content (AvgIpc) is 3.36. The standard InChI is InChI=1S/C20H18FN3O4/c21-16-11-13(5-6-17(16)23-7-1-2-8-23)10-15-18(25)22-20(27)24(19(15)26)12-14-4-3-9-28-14/h3-6,9-11H,1-2,7-8,12H2,(H,22,25,27)/b15-10+. The number of anilines is 1. The smallest absolute Gasteiger partial charge is 0.331 e. The summed E-state index contributed by atoms with van der Waals surface area (Å²) in [5.74, 6) is -1.58. The van der Waals surface area contributed by atoms with E-state index < -0.39 is 23.7 Å². The number of barbiturate groups is 1. The molecule has 0 bridgehead atoms. The quantitative estimate of drug-likeness (QED) is 0.648. The molecule has 2 saturated heterocycles. The third-order valence-electron chi connectivity index (χ3n) is 4.81. The van der Waals surface area contributed by atoms with E-state index in [-0.39, 0.29) is 12.1 Å². The number of hydrogen-bond acceptors (Lipinski definition) is 5. The average molecular weight is 383 g/mol. The molecule has 8 heteroatoms. The molecule has 2 aromatic rings. The lowest BCUT2D eigenvalue weighted by Crippen LogP contribution is -2.53. The minimum absolute atomic E-state index is 0.107. The fourth-order valence-electron chi connectivity index (χ4n) is 3.39. The van der Waals surface area contributed by atoms with Gasteiger partial charge >= 0.3 is 6.03 Å². The van der Waals surface area contributed by atoms with E-state index in [1.165, 1.54) is 18.4 Å². The Morgan fingerprint density at radius 3 is 2.61 bits per heavy atom. The summed E-state index contributed by atoms with van der Waals surface area (Å²) in [4.78, 5) is 39.7. The second kappa shape index (κ2) is 7.30. The van der Waals surface area contributed by atoms with Crippen molar-refractivity contribution in [3.05, 3.63) is 59.3 Å². The van der Waals surface area contributed by atoms with Gasteiger partial charge in [0.15, 0.2) is 0 Å². The zero-order chi connectivity index (χ0) is 19.7. The third-order valence-corrected chi connectivity index (χ3v) is 4.81. The van der Waals surface area contributed by atoms with Gasteiger partial charge in [0.2, 0.25) is 0 Å². The maximum atomic E-state index is 14.5. The van der Waals surface area contributed by atoms with Crippen LogP contribution in [0.2, 0.25) is 0 Å². The van der Waals surface area contributed by atoms with Crippen molar-refractivity contribution in [1.82, 2.24) is 10.2 Å². The Balaban J connectivity index is 1.60. The van der Waals surface area contributed by atoms with Crippen molar-refractivity contribution in [3.63, 3.8) is 0 Å². The van der Waals surface area contributed by atoms with Crippen LogP contribution in [0.15, 0.2) is 46.6 Å². The summed E-state index contributed by atoms with van der Waals surface area (Å²) >= 11 is 0. The van der Waals surface area contributed by atoms with Gasteiger partial charge in [-0.25, -0.2) is 9.18 Å². The van der Waals surface area contributed by atoms with Crippen molar-refractivity contribution in [2.45, 2.75) is 19.4 Å². The molecule has 4 amide bonds. The fourth-order valence-corrected chi connectivity index (χ4v) is 3.39. The van der Waals surface area contributed by atoms with Crippen LogP contribution in [0.5, 0.6) is 0 Å². The van der Waals surface area contributed by atoms with Crippen LogP contribution >= 0.6 is 0 Å². The molecular formula is C20H18FN3O4. The molecule has 0 spiro atoms. The van der Waals surface area contributed by atoms with Crippen molar-refractivity contribution in [3.8, 4) is 0 Å². The second-order valence-electron chi connectivity index (χ2n) is 6.69. The van der Waals surface area contributed by atoms with Gasteiger partial charge in [-0.15, -0.1) is 0 Å². The van der Waals surface area contributed by atoms with Gasteiger partial charge in [0.05, 0.1) is 18.5 Å². The summed E-state index contributed by atoms with van der Waals surface area (Å²) in [7, 11) is 0. The lowest BCUT2D eigenvalue weighted by atomic mass is 10.1. The van der Waals surface area contributed by atoms with Crippen LogP contribution < -0.4 is 10.2 Å². The van der Waals surface area contributed by atoms with Crippen molar-refractivity contribution < 1.29 is 23.2 Å². The lowest BCUT2D eigenvalue weighted by Gasteiger charge is -2.25. The molecule has 0 unspecified atom stereocenters. The summed E-state index contributed by atoms with van der Waals surface area (Å²) in [5, 5.41) is 2.13. The molecule has 2 fully saturated rings. The predicted octanol–water partition coefficient (Wildman–Crippen LogP) is 2.68. The number of imide groups is 2. The Labute approximate surface area is 160 Å². The minimum atomic E-state index is -0.820. The fraction of sp³-hybridized carbons (Fsp3) is 0.250. The Morgan fingerprint density at radius 2 is 1.93 bits per heavy atom. The van der Waals surface area contributed by atoms with E-state index >= 15 is 0 Å². The number of nitrogens with one attached hydrogen (secondary N) is 1. The first-order valence-corrected chi connectivity index (χ1v) is 8.98. The molecule has 4 rings (SSSR count). The number of hydrogen-bond donors (Lipinski definition) is 1. The number of furan rings is 1. The molecule has 1 aromatic heterocycles. The normalized spacial score (nSPS) is 18.9. The van der Waals surface area contributed by atoms with Crippen molar-refractivity contribution in [2.75, 3.05) is 18.0 Å². The van der Waals surface area contributed by atoms with Gasteiger partial charge < -0.3 is 9.32 Å². The number of rotatable bonds is 4. The molecule has 0 aliphatic carbocycles. The van der Waals surface area contributed by atoms with Crippen LogP contribution in [0.1, 0.15) is 24.2 Å². The molecule has 1 N–H and O–H groups in total. The predicted molar refractivity (Wildman–Crippen MR) is 98.6 cm³/mol. The maximum Gasteiger partial charge on any atom is 0.331 e. The molecule has 0 saturated carbocycles. The highest BCUT2D eigenvalue weighted by Crippen LogP contribution is 2.26. The topological polar surface area (TPSA) is 82.9 Å². The highest BCUT2D eigenvalue weighted by molar-refractivity contribution is 6.30. The zero-order valence-electron chi connectivity index (χ0n) is 15.0. The van der Waals surface area contributed by atoms with E-state index in [0.717, 1.165) is 30.8 Å². The second-order valence-corrected chi connectivity index (χ2v) is 6.69. The van der Waals surface area contributed by atoms with E-state index in [0.29, 0.717) is 17.0 Å². The van der Waals surface area contributed by atoms with Crippen molar-refractivity contribution >= 4 is 29.6 Å². The van der Waals surface area contributed by atoms with Crippen LogP contribution in [0.25, 0.3) is 6.08 Å². The first kappa shape index (κ1) is 18.0. The number of halogens is 1. The zero-order valence-corrected chi connectivity index (χ0v) is 15.0. The van der Waals surface area contributed by atoms with Gasteiger partial charge in [-0.2, -0.15) is 0 Å². The molecule has 2 aliphatic heterocycles. The molecule has 7 nitrogen and oxygen atoms in total. The number of amides is 4. The third kappa shape index (κ3) is 3.40. The molecule has 0 radical (unpaired) electrons. The molecule has 1 aromatic carbocycles. The van der Waals surface area contributed by atoms with Crippen LogP contribution in [0.4, 0.5) is 14.9 Å². The molecular weight excluding hydrogens is 365 g/mol. The van der Waals surface area contributed by atoms with E-state index in [9.17, 15) is 18.8 Å². The van der Waals surface area contributed by atoms with E-state index in [1.54, 1.807) is 24.3 Å². The first-order valence-electron chi connectivity index (χ1n) is 8.98. The molecule has 2 aliphatic rings. The Morgan fingerprint density at radius 1 is 1.14 bits per heavy atom. The van der Waals surface area contributed by atoms with E-state index in [1.807, 2.05) is 4.90 Å². The summed E-state index contributed by atoms with van der Waals surface area (Å²) in [5.41, 5.74) is 0.638. The van der Waals surface area contributed by atoms with Gasteiger partial charge in [-0.1, -0.05) is 6.07 Å². The molecule has 28 heavy (non-hydrogen) atoms. The Bertz CT molecular complexity index is 962. The lowest BCUT2D eigenvalue weighted by molar-refractivity contribution is -0.130. The van der Waals surface area contributed by atoms with Gasteiger partial charge in [0.25, 0.3) is 11.8 Å². The molecule has 0 atom stereocenters. The molecule has 3 heterocycles. The molecule has 144 valence electrons. The summed E-state index contributed by atoms with van der Waals surface area (Å²) in [6, 6.07) is 7.01. The first-order chi connectivity index (χ1) is 13.5.